The molecular formula is C20H22F6O6S2Si. The smallest absolute Gasteiger partial charge is 0.267 e. The molecule has 2 rings (SSSR count). The Labute approximate surface area is 200 Å². The van der Waals surface area contributed by atoms with E-state index in [-0.39, 0.29) is 22.3 Å². The molecule has 0 amide bonds. The molecule has 15 heteroatoms. The number of hydrogen-bond donors (Lipinski definition) is 0. The molecule has 2 aromatic rings. The van der Waals surface area contributed by atoms with Crippen LogP contribution in [-0.2, 0) is 28.0 Å². The largest absolute Gasteiger partial charge is 0.522 e. The monoisotopic (exact) mass is 564 g/mol. The molecule has 2 aromatic carbocycles. The molecule has 0 atom stereocenters. The zero-order valence-corrected chi connectivity index (χ0v) is 22.0. The molecule has 0 fully saturated rings. The molecule has 0 aliphatic heterocycles. The third kappa shape index (κ3) is 5.58. The van der Waals surface area contributed by atoms with Crippen LogP contribution in [0.4, 0.5) is 26.3 Å². The van der Waals surface area contributed by atoms with Gasteiger partial charge >= 0.3 is 39.8 Å². The van der Waals surface area contributed by atoms with Crippen molar-refractivity contribution in [2.75, 3.05) is 0 Å². The summed E-state index contributed by atoms with van der Waals surface area (Å²) >= 11 is 0. The van der Waals surface area contributed by atoms with Crippen LogP contribution in [0.2, 0.25) is 0 Å². The zero-order valence-electron chi connectivity index (χ0n) is 19.3. The van der Waals surface area contributed by atoms with E-state index < -0.39 is 50.2 Å². The van der Waals surface area contributed by atoms with Crippen LogP contribution in [0.3, 0.4) is 0 Å². The molecule has 0 radical (unpaired) electrons. The minimum absolute atomic E-state index is 0.0108. The lowest BCUT2D eigenvalue weighted by Gasteiger charge is -2.34. The number of alkyl halides is 6. The molecular weight excluding hydrogens is 542 g/mol. The van der Waals surface area contributed by atoms with E-state index in [9.17, 15) is 43.2 Å². The Kier molecular flexibility index (Phi) is 7.68. The normalized spacial score (nSPS) is 13.8. The molecule has 0 saturated carbocycles. The summed E-state index contributed by atoms with van der Waals surface area (Å²) in [5.74, 6) is 0. The SMILES string of the molecule is Cc1cc(C)c([Si](OS(=O)(=O)C(F)(F)F)(OS(=O)(=O)C(F)(F)F)c2c(C)cc(C)cc2C)c(C)c1. The third-order valence-electron chi connectivity index (χ3n) is 5.03. The average molecular weight is 565 g/mol. The second-order valence-corrected chi connectivity index (χ2v) is 14.4. The van der Waals surface area contributed by atoms with Crippen molar-refractivity contribution in [1.82, 2.24) is 0 Å². The van der Waals surface area contributed by atoms with Crippen LogP contribution in [-0.4, -0.2) is 36.4 Å². The number of rotatable bonds is 6. The number of aryl methyl sites for hydroxylation is 6. The van der Waals surface area contributed by atoms with Gasteiger partial charge in [0.1, 0.15) is 0 Å². The van der Waals surface area contributed by atoms with Gasteiger partial charge in [-0.1, -0.05) is 35.4 Å². The molecule has 0 aliphatic carbocycles. The maximum atomic E-state index is 13.5. The predicted octanol–water partition coefficient (Wildman–Crippen LogP) is 3.83. The minimum atomic E-state index is -6.65. The van der Waals surface area contributed by atoms with E-state index in [0.29, 0.717) is 11.1 Å². The van der Waals surface area contributed by atoms with Crippen molar-refractivity contribution in [3.8, 4) is 0 Å². The minimum Gasteiger partial charge on any atom is -0.267 e. The summed E-state index contributed by atoms with van der Waals surface area (Å²) in [7, 11) is -19.2. The third-order valence-corrected chi connectivity index (χ3v) is 12.7. The van der Waals surface area contributed by atoms with Crippen molar-refractivity contribution in [1.29, 1.82) is 0 Å². The fourth-order valence-electron chi connectivity index (χ4n) is 4.11. The molecule has 0 spiro atoms. The van der Waals surface area contributed by atoms with Gasteiger partial charge in [0.2, 0.25) is 0 Å². The Balaban J connectivity index is 3.24. The van der Waals surface area contributed by atoms with Crippen LogP contribution in [0, 0.1) is 41.5 Å². The van der Waals surface area contributed by atoms with Crippen LogP contribution < -0.4 is 10.4 Å². The Bertz CT molecular complexity index is 1210. The van der Waals surface area contributed by atoms with E-state index in [4.69, 9.17) is 0 Å². The molecule has 35 heavy (non-hydrogen) atoms. The zero-order chi connectivity index (χ0) is 27.4. The van der Waals surface area contributed by atoms with E-state index in [2.05, 4.69) is 7.74 Å². The summed E-state index contributed by atoms with van der Waals surface area (Å²) in [4.78, 5) is 0. The molecule has 0 bridgehead atoms. The lowest BCUT2D eigenvalue weighted by Crippen LogP contribution is -2.69. The van der Waals surface area contributed by atoms with Gasteiger partial charge in [0.15, 0.2) is 0 Å². The van der Waals surface area contributed by atoms with Crippen molar-refractivity contribution < 1.29 is 50.9 Å². The first kappa shape index (κ1) is 29.3. The summed E-state index contributed by atoms with van der Waals surface area (Å²) in [6.45, 7) is 8.28. The second kappa shape index (κ2) is 9.17. The van der Waals surface area contributed by atoms with Crippen LogP contribution in [0.25, 0.3) is 0 Å². The predicted molar refractivity (Wildman–Crippen MR) is 118 cm³/mol. The molecule has 0 saturated heterocycles. The van der Waals surface area contributed by atoms with Crippen molar-refractivity contribution in [2.24, 2.45) is 0 Å². The van der Waals surface area contributed by atoms with Gasteiger partial charge in [-0.15, -0.1) is 0 Å². The summed E-state index contributed by atoms with van der Waals surface area (Å²) in [6.07, 6.45) is 0. The molecule has 0 unspecified atom stereocenters. The lowest BCUT2D eigenvalue weighted by atomic mass is 10.1. The Morgan fingerprint density at radius 2 is 0.800 bits per heavy atom. The van der Waals surface area contributed by atoms with Gasteiger partial charge in [-0.05, 0) is 63.8 Å². The van der Waals surface area contributed by atoms with Crippen molar-refractivity contribution in [3.63, 3.8) is 0 Å². The van der Waals surface area contributed by atoms with Gasteiger partial charge in [0.05, 0.1) is 0 Å². The average Bonchev–Trinajstić information content (AvgIpc) is 2.56. The molecule has 196 valence electrons. The molecule has 0 heterocycles. The van der Waals surface area contributed by atoms with Gasteiger partial charge in [-0.2, -0.15) is 43.2 Å². The van der Waals surface area contributed by atoms with E-state index in [0.717, 1.165) is 0 Å². The van der Waals surface area contributed by atoms with Crippen LogP contribution in [0.1, 0.15) is 33.4 Å². The van der Waals surface area contributed by atoms with E-state index in [1.54, 1.807) is 13.8 Å². The Morgan fingerprint density at radius 1 is 0.571 bits per heavy atom. The Morgan fingerprint density at radius 3 is 1.00 bits per heavy atom. The van der Waals surface area contributed by atoms with E-state index in [1.165, 1.54) is 52.0 Å². The molecule has 6 nitrogen and oxygen atoms in total. The lowest BCUT2D eigenvalue weighted by molar-refractivity contribution is -0.0527. The van der Waals surface area contributed by atoms with Crippen LogP contribution in [0.5, 0.6) is 0 Å². The maximum Gasteiger partial charge on any atom is 0.522 e. The molecule has 0 N–H and O–H groups in total. The van der Waals surface area contributed by atoms with E-state index in [1.807, 2.05) is 0 Å². The first-order chi connectivity index (χ1) is 15.6. The van der Waals surface area contributed by atoms with Crippen LogP contribution in [0.15, 0.2) is 24.3 Å². The summed E-state index contributed by atoms with van der Waals surface area (Å²) < 4.78 is 139. The number of benzene rings is 2. The van der Waals surface area contributed by atoms with E-state index >= 15 is 0 Å². The summed E-state index contributed by atoms with van der Waals surface area (Å²) in [6, 6.07) is 5.37. The van der Waals surface area contributed by atoms with Gasteiger partial charge < -0.3 is 0 Å². The fraction of sp³-hybridized carbons (Fsp3) is 0.400. The summed E-state index contributed by atoms with van der Waals surface area (Å²) in [5, 5.41) is -1.00. The molecule has 0 aliphatic rings. The standard InChI is InChI=1S/C20H22F6O6S2Si/c1-11-7-13(3)17(14(4)8-11)35(31-33(27,28)19(21,22)23,32-34(29,30)20(24,25)26)18-15(5)9-12(2)10-16(18)6/h7-10H,1-6H3. The van der Waals surface area contributed by atoms with Crippen molar-refractivity contribution in [3.05, 3.63) is 57.6 Å². The first-order valence-electron chi connectivity index (χ1n) is 9.76. The maximum absolute atomic E-state index is 13.5. The highest BCUT2D eigenvalue weighted by molar-refractivity contribution is 7.90. The fourth-order valence-corrected chi connectivity index (χ4v) is 11.6. The van der Waals surface area contributed by atoms with Crippen molar-refractivity contribution in [2.45, 2.75) is 52.6 Å². The highest BCUT2D eigenvalue weighted by Gasteiger charge is 2.63. The first-order valence-corrected chi connectivity index (χ1v) is 14.4. The van der Waals surface area contributed by atoms with Gasteiger partial charge in [0.25, 0.3) is 0 Å². The second-order valence-electron chi connectivity index (χ2n) is 8.13. The van der Waals surface area contributed by atoms with Gasteiger partial charge in [0, 0.05) is 10.4 Å². The highest BCUT2D eigenvalue weighted by Crippen LogP contribution is 2.34. The Hall–Kier alpha value is -1.94. The van der Waals surface area contributed by atoms with Crippen LogP contribution >= 0.6 is 0 Å². The van der Waals surface area contributed by atoms with Crippen molar-refractivity contribution >= 4 is 39.2 Å². The number of halogens is 6. The topological polar surface area (TPSA) is 86.7 Å². The van der Waals surface area contributed by atoms with Gasteiger partial charge in [-0.25, -0.2) is 0 Å². The number of hydrogen-bond acceptors (Lipinski definition) is 6. The highest BCUT2D eigenvalue weighted by atomic mass is 32.2. The molecule has 0 aromatic heterocycles. The summed E-state index contributed by atoms with van der Waals surface area (Å²) in [5.41, 5.74) is -11.2. The quantitative estimate of drug-likeness (QED) is 0.301. The van der Waals surface area contributed by atoms with Gasteiger partial charge in [-0.3, -0.25) is 7.74 Å².